The van der Waals surface area contributed by atoms with Gasteiger partial charge in [-0.3, -0.25) is 4.79 Å². The normalized spacial score (nSPS) is 17.3. The van der Waals surface area contributed by atoms with Crippen LogP contribution >= 0.6 is 0 Å². The molecule has 3 rings (SSSR count). The SMILES string of the molecule is C=Cc1ccc(C(=O)N(C)CC2CCCN(CCc3ccccc3F)C2)cc1. The van der Waals surface area contributed by atoms with E-state index in [-0.39, 0.29) is 11.7 Å². The molecule has 0 aliphatic carbocycles. The highest BCUT2D eigenvalue weighted by Gasteiger charge is 2.23. The van der Waals surface area contributed by atoms with E-state index in [2.05, 4.69) is 11.5 Å². The van der Waals surface area contributed by atoms with Gasteiger partial charge in [0.05, 0.1) is 0 Å². The zero-order valence-electron chi connectivity index (χ0n) is 16.6. The van der Waals surface area contributed by atoms with Crippen LogP contribution in [0, 0.1) is 11.7 Å². The molecular weight excluding hydrogens is 351 g/mol. The molecule has 1 unspecified atom stereocenters. The molecule has 1 fully saturated rings. The first-order valence-electron chi connectivity index (χ1n) is 10.0. The Morgan fingerprint density at radius 2 is 2.00 bits per heavy atom. The Kier molecular flexibility index (Phi) is 6.99. The quantitative estimate of drug-likeness (QED) is 0.706. The molecule has 0 bridgehead atoms. The number of likely N-dealkylation sites (tertiary alicyclic amines) is 1. The predicted octanol–water partition coefficient (Wildman–Crippen LogP) is 4.50. The lowest BCUT2D eigenvalue weighted by Gasteiger charge is -2.34. The van der Waals surface area contributed by atoms with Crippen molar-refractivity contribution in [3.63, 3.8) is 0 Å². The number of carbonyl (C=O) groups is 1. The fraction of sp³-hybridized carbons (Fsp3) is 0.375. The van der Waals surface area contributed by atoms with Gasteiger partial charge < -0.3 is 9.80 Å². The highest BCUT2D eigenvalue weighted by molar-refractivity contribution is 5.94. The largest absolute Gasteiger partial charge is 0.341 e. The van der Waals surface area contributed by atoms with Crippen LogP contribution in [0.15, 0.2) is 55.1 Å². The maximum absolute atomic E-state index is 13.8. The van der Waals surface area contributed by atoms with Crippen molar-refractivity contribution in [1.82, 2.24) is 9.80 Å². The van der Waals surface area contributed by atoms with Crippen LogP contribution in [0.5, 0.6) is 0 Å². The molecule has 1 amide bonds. The Labute approximate surface area is 167 Å². The van der Waals surface area contributed by atoms with E-state index in [4.69, 9.17) is 0 Å². The van der Waals surface area contributed by atoms with E-state index in [9.17, 15) is 9.18 Å². The number of benzene rings is 2. The van der Waals surface area contributed by atoms with Crippen molar-refractivity contribution in [2.75, 3.05) is 33.2 Å². The smallest absolute Gasteiger partial charge is 0.253 e. The summed E-state index contributed by atoms with van der Waals surface area (Å²) in [6.07, 6.45) is 4.75. The monoisotopic (exact) mass is 380 g/mol. The third-order valence-electron chi connectivity index (χ3n) is 5.53. The molecule has 4 heteroatoms. The van der Waals surface area contributed by atoms with Crippen LogP contribution in [0.3, 0.4) is 0 Å². The first-order valence-corrected chi connectivity index (χ1v) is 10.0. The zero-order valence-corrected chi connectivity index (χ0v) is 16.6. The molecule has 2 aromatic carbocycles. The van der Waals surface area contributed by atoms with Crippen molar-refractivity contribution >= 4 is 12.0 Å². The number of rotatable bonds is 7. The molecule has 0 saturated carbocycles. The second-order valence-electron chi connectivity index (χ2n) is 7.66. The summed E-state index contributed by atoms with van der Waals surface area (Å²) in [6.45, 7) is 7.36. The summed E-state index contributed by atoms with van der Waals surface area (Å²) in [7, 11) is 1.88. The third kappa shape index (κ3) is 5.29. The molecule has 1 saturated heterocycles. The third-order valence-corrected chi connectivity index (χ3v) is 5.53. The Morgan fingerprint density at radius 1 is 1.25 bits per heavy atom. The summed E-state index contributed by atoms with van der Waals surface area (Å²) < 4.78 is 13.8. The van der Waals surface area contributed by atoms with Gasteiger partial charge in [-0.05, 0) is 61.1 Å². The van der Waals surface area contributed by atoms with Gasteiger partial charge >= 0.3 is 0 Å². The van der Waals surface area contributed by atoms with Crippen LogP contribution in [0.4, 0.5) is 4.39 Å². The molecule has 1 heterocycles. The number of amides is 1. The van der Waals surface area contributed by atoms with Gasteiger partial charge in [0.25, 0.3) is 5.91 Å². The van der Waals surface area contributed by atoms with Crippen LogP contribution in [-0.4, -0.2) is 48.9 Å². The van der Waals surface area contributed by atoms with Crippen molar-refractivity contribution < 1.29 is 9.18 Å². The molecule has 0 aromatic heterocycles. The van der Waals surface area contributed by atoms with Crippen molar-refractivity contribution in [2.24, 2.45) is 5.92 Å². The summed E-state index contributed by atoms with van der Waals surface area (Å²) in [5.41, 5.74) is 2.50. The Balaban J connectivity index is 1.51. The highest BCUT2D eigenvalue weighted by atomic mass is 19.1. The van der Waals surface area contributed by atoms with E-state index in [1.54, 1.807) is 12.1 Å². The van der Waals surface area contributed by atoms with Gasteiger partial charge in [0.1, 0.15) is 5.82 Å². The first-order chi connectivity index (χ1) is 13.6. The molecule has 1 aliphatic rings. The predicted molar refractivity (Wildman–Crippen MR) is 113 cm³/mol. The fourth-order valence-corrected chi connectivity index (χ4v) is 3.94. The van der Waals surface area contributed by atoms with Gasteiger partial charge in [-0.2, -0.15) is 0 Å². The maximum atomic E-state index is 13.8. The van der Waals surface area contributed by atoms with Crippen LogP contribution in [0.1, 0.15) is 34.3 Å². The van der Waals surface area contributed by atoms with E-state index in [1.165, 1.54) is 6.07 Å². The lowest BCUT2D eigenvalue weighted by Crippen LogP contribution is -2.42. The van der Waals surface area contributed by atoms with Gasteiger partial charge in [0, 0.05) is 32.2 Å². The lowest BCUT2D eigenvalue weighted by molar-refractivity contribution is 0.0730. The zero-order chi connectivity index (χ0) is 19.9. The molecule has 0 spiro atoms. The Morgan fingerprint density at radius 3 is 2.71 bits per heavy atom. The maximum Gasteiger partial charge on any atom is 0.253 e. The van der Waals surface area contributed by atoms with Crippen molar-refractivity contribution in [2.45, 2.75) is 19.3 Å². The van der Waals surface area contributed by atoms with Gasteiger partial charge in [-0.15, -0.1) is 0 Å². The van der Waals surface area contributed by atoms with E-state index < -0.39 is 0 Å². The molecule has 0 N–H and O–H groups in total. The van der Waals surface area contributed by atoms with E-state index >= 15 is 0 Å². The van der Waals surface area contributed by atoms with Gasteiger partial charge in [0.15, 0.2) is 0 Å². The van der Waals surface area contributed by atoms with E-state index in [0.29, 0.717) is 11.5 Å². The van der Waals surface area contributed by atoms with Crippen LogP contribution in [0.2, 0.25) is 0 Å². The van der Waals surface area contributed by atoms with Crippen molar-refractivity contribution in [3.05, 3.63) is 77.6 Å². The minimum Gasteiger partial charge on any atom is -0.341 e. The summed E-state index contributed by atoms with van der Waals surface area (Å²) in [4.78, 5) is 16.9. The van der Waals surface area contributed by atoms with Crippen LogP contribution in [-0.2, 0) is 6.42 Å². The van der Waals surface area contributed by atoms with Gasteiger partial charge in [-0.25, -0.2) is 4.39 Å². The highest BCUT2D eigenvalue weighted by Crippen LogP contribution is 2.19. The molecule has 0 radical (unpaired) electrons. The Hall–Kier alpha value is -2.46. The number of piperidine rings is 1. The summed E-state index contributed by atoms with van der Waals surface area (Å²) in [5.74, 6) is 0.388. The average Bonchev–Trinajstić information content (AvgIpc) is 2.73. The number of carbonyl (C=O) groups excluding carboxylic acids is 1. The fourth-order valence-electron chi connectivity index (χ4n) is 3.94. The molecule has 1 aliphatic heterocycles. The van der Waals surface area contributed by atoms with Crippen LogP contribution in [0.25, 0.3) is 6.08 Å². The number of hydrogen-bond donors (Lipinski definition) is 0. The standard InChI is InChI=1S/C24H29FN2O/c1-3-19-10-12-22(13-11-19)24(28)26(2)17-20-7-6-15-27(18-20)16-14-21-8-4-5-9-23(21)25/h3-5,8-13,20H,1,6-7,14-18H2,2H3. The van der Waals surface area contributed by atoms with Gasteiger partial charge in [0.2, 0.25) is 0 Å². The summed E-state index contributed by atoms with van der Waals surface area (Å²) >= 11 is 0. The first kappa shape index (κ1) is 20.3. The average molecular weight is 381 g/mol. The molecule has 1 atom stereocenters. The second-order valence-corrected chi connectivity index (χ2v) is 7.66. The molecule has 3 nitrogen and oxygen atoms in total. The second kappa shape index (κ2) is 9.65. The molecule has 148 valence electrons. The van der Waals surface area contributed by atoms with E-state index in [1.807, 2.05) is 48.3 Å². The number of hydrogen-bond acceptors (Lipinski definition) is 2. The minimum atomic E-state index is -0.121. The van der Waals surface area contributed by atoms with Crippen LogP contribution < -0.4 is 0 Å². The minimum absolute atomic E-state index is 0.0547. The number of halogens is 1. The Bertz CT molecular complexity index is 803. The number of nitrogens with zero attached hydrogens (tertiary/aromatic N) is 2. The van der Waals surface area contributed by atoms with Gasteiger partial charge in [-0.1, -0.05) is 43.0 Å². The molecular formula is C24H29FN2O. The lowest BCUT2D eigenvalue weighted by atomic mass is 9.96. The van der Waals surface area contributed by atoms with Crippen molar-refractivity contribution in [3.8, 4) is 0 Å². The topological polar surface area (TPSA) is 23.6 Å². The molecule has 28 heavy (non-hydrogen) atoms. The van der Waals surface area contributed by atoms with Crippen molar-refractivity contribution in [1.29, 1.82) is 0 Å². The summed E-state index contributed by atoms with van der Waals surface area (Å²) in [5, 5.41) is 0. The molecule has 2 aromatic rings. The van der Waals surface area contributed by atoms with E-state index in [0.717, 1.165) is 56.6 Å². The summed E-state index contributed by atoms with van der Waals surface area (Å²) in [6, 6.07) is 14.6.